The van der Waals surface area contributed by atoms with E-state index in [1.165, 1.54) is 11.3 Å². The van der Waals surface area contributed by atoms with Gasteiger partial charge in [-0.1, -0.05) is 20.8 Å². The molecule has 1 aromatic carbocycles. The van der Waals surface area contributed by atoms with E-state index in [4.69, 9.17) is 0 Å². The molecule has 2 N–H and O–H groups in total. The second-order valence-corrected chi connectivity index (χ2v) is 7.39. The van der Waals surface area contributed by atoms with Crippen LogP contribution in [0.3, 0.4) is 0 Å². The van der Waals surface area contributed by atoms with Crippen molar-refractivity contribution in [2.24, 2.45) is 5.41 Å². The molecule has 1 heterocycles. The molecule has 0 fully saturated rings. The Kier molecular flexibility index (Phi) is 5.50. The molecule has 0 aliphatic rings. The number of hydrogen-bond donors (Lipinski definition) is 2. The molecule has 0 saturated heterocycles. The van der Waals surface area contributed by atoms with Crippen LogP contribution in [-0.2, 0) is 4.79 Å². The Hall–Kier alpha value is -2.21. The van der Waals surface area contributed by atoms with Gasteiger partial charge in [-0.25, -0.2) is 4.98 Å². The highest BCUT2D eigenvalue weighted by Gasteiger charge is 2.15. The predicted octanol–water partition coefficient (Wildman–Crippen LogP) is 3.81. The lowest BCUT2D eigenvalue weighted by Gasteiger charge is -2.17. The third-order valence-electron chi connectivity index (χ3n) is 3.02. The van der Waals surface area contributed by atoms with Crippen LogP contribution < -0.4 is 10.6 Å². The predicted molar refractivity (Wildman–Crippen MR) is 94.1 cm³/mol. The molecule has 0 aliphatic carbocycles. The molecule has 5 nitrogen and oxygen atoms in total. The number of rotatable bonds is 6. The summed E-state index contributed by atoms with van der Waals surface area (Å²) >= 11 is 1.37. The van der Waals surface area contributed by atoms with E-state index in [1.807, 2.05) is 20.8 Å². The van der Waals surface area contributed by atoms with E-state index in [9.17, 15) is 9.59 Å². The molecule has 23 heavy (non-hydrogen) atoms. The maximum atomic E-state index is 12.0. The SMILES string of the molecule is CC(C)(C)CC(=O)CNc1ccc(C(=O)Nc2nccs2)cc1. The molecule has 0 unspecified atom stereocenters. The molecular formula is C17H21N3O2S. The molecule has 122 valence electrons. The molecule has 0 spiro atoms. The molecule has 1 amide bonds. The Bertz CT molecular complexity index is 658. The molecule has 0 atom stereocenters. The first kappa shape index (κ1) is 17.1. The van der Waals surface area contributed by atoms with E-state index in [1.54, 1.807) is 35.8 Å². The summed E-state index contributed by atoms with van der Waals surface area (Å²) in [6, 6.07) is 7.03. The Morgan fingerprint density at radius 2 is 1.87 bits per heavy atom. The number of Topliss-reactive ketones (excluding diaryl/α,β-unsaturated/α-hetero) is 1. The van der Waals surface area contributed by atoms with Gasteiger partial charge in [0.15, 0.2) is 10.9 Å². The van der Waals surface area contributed by atoms with Crippen LogP contribution >= 0.6 is 11.3 Å². The van der Waals surface area contributed by atoms with Crippen LogP contribution in [0.1, 0.15) is 37.6 Å². The zero-order valence-corrected chi connectivity index (χ0v) is 14.4. The number of carbonyl (C=O) groups excluding carboxylic acids is 2. The summed E-state index contributed by atoms with van der Waals surface area (Å²) < 4.78 is 0. The molecule has 2 rings (SSSR count). The van der Waals surface area contributed by atoms with Crippen LogP contribution in [0, 0.1) is 5.41 Å². The van der Waals surface area contributed by atoms with Gasteiger partial charge in [0.25, 0.3) is 5.91 Å². The summed E-state index contributed by atoms with van der Waals surface area (Å²) in [6.45, 7) is 6.42. The maximum absolute atomic E-state index is 12.0. The van der Waals surface area contributed by atoms with Crippen LogP contribution in [0.5, 0.6) is 0 Å². The number of amides is 1. The van der Waals surface area contributed by atoms with Crippen molar-refractivity contribution in [1.82, 2.24) is 4.98 Å². The van der Waals surface area contributed by atoms with Gasteiger partial charge in [-0.15, -0.1) is 11.3 Å². The molecule has 0 bridgehead atoms. The number of nitrogens with one attached hydrogen (secondary N) is 2. The van der Waals surface area contributed by atoms with Crippen molar-refractivity contribution < 1.29 is 9.59 Å². The summed E-state index contributed by atoms with van der Waals surface area (Å²) in [5.41, 5.74) is 1.36. The maximum Gasteiger partial charge on any atom is 0.257 e. The average molecular weight is 331 g/mol. The monoisotopic (exact) mass is 331 g/mol. The fourth-order valence-corrected chi connectivity index (χ4v) is 2.57. The summed E-state index contributed by atoms with van der Waals surface area (Å²) in [7, 11) is 0. The Balaban J connectivity index is 1.87. The smallest absolute Gasteiger partial charge is 0.257 e. The zero-order chi connectivity index (χ0) is 16.9. The first-order valence-electron chi connectivity index (χ1n) is 7.40. The second kappa shape index (κ2) is 7.37. The number of thiazole rings is 1. The fraction of sp³-hybridized carbons (Fsp3) is 0.353. The van der Waals surface area contributed by atoms with E-state index in [-0.39, 0.29) is 17.1 Å². The number of benzene rings is 1. The molecule has 2 aromatic rings. The minimum absolute atomic E-state index is 0.00344. The van der Waals surface area contributed by atoms with E-state index in [0.717, 1.165) is 5.69 Å². The molecule has 6 heteroatoms. The summed E-state index contributed by atoms with van der Waals surface area (Å²) in [5, 5.41) is 8.19. The highest BCUT2D eigenvalue weighted by atomic mass is 32.1. The van der Waals surface area contributed by atoms with E-state index < -0.39 is 0 Å². The van der Waals surface area contributed by atoms with Gasteiger partial charge in [0, 0.05) is 29.2 Å². The van der Waals surface area contributed by atoms with Gasteiger partial charge in [0.05, 0.1) is 6.54 Å². The highest BCUT2D eigenvalue weighted by Crippen LogP contribution is 2.19. The quantitative estimate of drug-likeness (QED) is 0.844. The van der Waals surface area contributed by atoms with Crippen molar-refractivity contribution in [3.63, 3.8) is 0 Å². The lowest BCUT2D eigenvalue weighted by atomic mass is 9.90. The van der Waals surface area contributed by atoms with Gasteiger partial charge in [-0.05, 0) is 29.7 Å². The van der Waals surface area contributed by atoms with Crippen LogP contribution in [0.4, 0.5) is 10.8 Å². The van der Waals surface area contributed by atoms with Gasteiger partial charge in [0.1, 0.15) is 0 Å². The van der Waals surface area contributed by atoms with Crippen LogP contribution in [-0.4, -0.2) is 23.2 Å². The van der Waals surface area contributed by atoms with E-state index in [0.29, 0.717) is 23.7 Å². The van der Waals surface area contributed by atoms with Gasteiger partial charge < -0.3 is 5.32 Å². The first-order valence-corrected chi connectivity index (χ1v) is 8.28. The van der Waals surface area contributed by atoms with Crippen LogP contribution in [0.15, 0.2) is 35.8 Å². The van der Waals surface area contributed by atoms with Crippen molar-refractivity contribution in [2.45, 2.75) is 27.2 Å². The molecule has 0 saturated carbocycles. The third kappa shape index (κ3) is 5.83. The number of aromatic nitrogens is 1. The van der Waals surface area contributed by atoms with Crippen molar-refractivity contribution in [3.05, 3.63) is 41.4 Å². The number of carbonyl (C=O) groups is 2. The second-order valence-electron chi connectivity index (χ2n) is 6.50. The van der Waals surface area contributed by atoms with Crippen molar-refractivity contribution in [2.75, 3.05) is 17.2 Å². The minimum Gasteiger partial charge on any atom is -0.378 e. The lowest BCUT2D eigenvalue weighted by Crippen LogP contribution is -2.20. The van der Waals surface area contributed by atoms with Crippen molar-refractivity contribution >= 4 is 33.8 Å². The third-order valence-corrected chi connectivity index (χ3v) is 3.71. The standard InChI is InChI=1S/C17H21N3O2S/c1-17(2,3)10-14(21)11-19-13-6-4-12(5-7-13)15(22)20-16-18-8-9-23-16/h4-9,19H,10-11H2,1-3H3,(H,18,20,22). The topological polar surface area (TPSA) is 71.1 Å². The van der Waals surface area contributed by atoms with E-state index >= 15 is 0 Å². The lowest BCUT2D eigenvalue weighted by molar-refractivity contribution is -0.119. The van der Waals surface area contributed by atoms with Gasteiger partial charge in [0.2, 0.25) is 0 Å². The first-order chi connectivity index (χ1) is 10.8. The average Bonchev–Trinajstić information content (AvgIpc) is 2.97. The van der Waals surface area contributed by atoms with Crippen LogP contribution in [0.2, 0.25) is 0 Å². The number of hydrogen-bond acceptors (Lipinski definition) is 5. The Morgan fingerprint density at radius 1 is 1.17 bits per heavy atom. The fourth-order valence-electron chi connectivity index (χ4n) is 2.05. The summed E-state index contributed by atoms with van der Waals surface area (Å²) in [6.07, 6.45) is 2.18. The highest BCUT2D eigenvalue weighted by molar-refractivity contribution is 7.13. The largest absolute Gasteiger partial charge is 0.378 e. The summed E-state index contributed by atoms with van der Waals surface area (Å²) in [5.74, 6) is -0.0293. The Labute approximate surface area is 140 Å². The molecule has 0 aliphatic heterocycles. The van der Waals surface area contributed by atoms with Gasteiger partial charge in [-0.3, -0.25) is 14.9 Å². The number of anilines is 2. The van der Waals surface area contributed by atoms with Crippen molar-refractivity contribution in [1.29, 1.82) is 0 Å². The zero-order valence-electron chi connectivity index (χ0n) is 13.6. The molecular weight excluding hydrogens is 310 g/mol. The van der Waals surface area contributed by atoms with Crippen molar-refractivity contribution in [3.8, 4) is 0 Å². The van der Waals surface area contributed by atoms with E-state index in [2.05, 4.69) is 15.6 Å². The minimum atomic E-state index is -0.199. The van der Waals surface area contributed by atoms with Gasteiger partial charge in [-0.2, -0.15) is 0 Å². The van der Waals surface area contributed by atoms with Crippen LogP contribution in [0.25, 0.3) is 0 Å². The Morgan fingerprint density at radius 3 is 2.43 bits per heavy atom. The normalized spacial score (nSPS) is 11.1. The van der Waals surface area contributed by atoms with Gasteiger partial charge >= 0.3 is 0 Å². The number of ketones is 1. The number of nitrogens with zero attached hydrogens (tertiary/aromatic N) is 1. The molecule has 0 radical (unpaired) electrons. The summed E-state index contributed by atoms with van der Waals surface area (Å²) in [4.78, 5) is 27.9. The molecule has 1 aromatic heterocycles.